The van der Waals surface area contributed by atoms with Crippen molar-refractivity contribution < 1.29 is 23.9 Å². The molecule has 0 aromatic heterocycles. The van der Waals surface area contributed by atoms with Crippen molar-refractivity contribution in [1.82, 2.24) is 4.90 Å². The molecule has 32 heavy (non-hydrogen) atoms. The summed E-state index contributed by atoms with van der Waals surface area (Å²) in [5.74, 6) is 0.993. The summed E-state index contributed by atoms with van der Waals surface area (Å²) in [4.78, 5) is 25.3. The van der Waals surface area contributed by atoms with E-state index in [1.807, 2.05) is 12.1 Å². The van der Waals surface area contributed by atoms with Crippen molar-refractivity contribution in [2.75, 3.05) is 20.7 Å². The van der Waals surface area contributed by atoms with Gasteiger partial charge in [-0.15, -0.1) is 0 Å². The number of nitro benzene ring substituents is 1. The second-order valence-corrected chi connectivity index (χ2v) is 8.61. The van der Waals surface area contributed by atoms with Crippen LogP contribution in [0.5, 0.6) is 11.5 Å². The minimum atomic E-state index is -0.514. The average Bonchev–Trinajstić information content (AvgIpc) is 3.05. The quantitative estimate of drug-likeness (QED) is 0.313. The first-order valence-electron chi connectivity index (χ1n) is 10.6. The number of benzene rings is 2. The Morgan fingerprint density at radius 1 is 1.25 bits per heavy atom. The zero-order chi connectivity index (χ0) is 22.5. The smallest absolute Gasteiger partial charge is 0.338 e. The standard InChI is InChI=1S/C24H24N2O6/c1-25-12-11-24-10-9-18(31-23(27)15-3-6-17(7-4-15)26(28)29)13-20(24)32-22-19(30-2)8-5-16(14-25)21(22)24/h3-10,18,20H,11-14H2,1-2H3/t18?,20-,24-/m0/s1. The van der Waals surface area contributed by atoms with Crippen LogP contribution in [0.1, 0.15) is 34.3 Å². The predicted molar refractivity (Wildman–Crippen MR) is 116 cm³/mol. The number of non-ortho nitro benzene ring substituents is 1. The van der Waals surface area contributed by atoms with Gasteiger partial charge in [-0.1, -0.05) is 12.1 Å². The number of carbonyl (C=O) groups excluding carboxylic acids is 1. The fraction of sp³-hybridized carbons (Fsp3) is 0.375. The van der Waals surface area contributed by atoms with Gasteiger partial charge < -0.3 is 19.1 Å². The highest BCUT2D eigenvalue weighted by molar-refractivity contribution is 5.89. The molecule has 1 unspecified atom stereocenters. The molecule has 0 saturated heterocycles. The summed E-state index contributed by atoms with van der Waals surface area (Å²) in [6, 6.07) is 9.49. The van der Waals surface area contributed by atoms with E-state index in [1.165, 1.54) is 35.4 Å². The summed E-state index contributed by atoms with van der Waals surface area (Å²) in [6.45, 7) is 1.77. The number of methoxy groups -OCH3 is 1. The van der Waals surface area contributed by atoms with E-state index in [-0.39, 0.29) is 22.8 Å². The van der Waals surface area contributed by atoms with Gasteiger partial charge in [0.15, 0.2) is 11.5 Å². The minimum Gasteiger partial charge on any atom is -0.493 e. The maximum atomic E-state index is 12.6. The lowest BCUT2D eigenvalue weighted by Gasteiger charge is -2.36. The van der Waals surface area contributed by atoms with Crippen molar-refractivity contribution in [2.24, 2.45) is 0 Å². The minimum absolute atomic E-state index is 0.0683. The molecule has 2 heterocycles. The van der Waals surface area contributed by atoms with Crippen molar-refractivity contribution in [3.63, 3.8) is 0 Å². The number of carbonyl (C=O) groups is 1. The molecule has 8 heteroatoms. The number of ether oxygens (including phenoxy) is 3. The van der Waals surface area contributed by atoms with Gasteiger partial charge in [-0.3, -0.25) is 10.1 Å². The number of nitro groups is 1. The molecule has 166 valence electrons. The maximum absolute atomic E-state index is 12.6. The highest BCUT2D eigenvalue weighted by Crippen LogP contribution is 2.55. The fourth-order valence-electron chi connectivity index (χ4n) is 5.08. The van der Waals surface area contributed by atoms with E-state index < -0.39 is 17.0 Å². The molecular formula is C24H24N2O6. The number of nitrogens with zero attached hydrogens (tertiary/aromatic N) is 2. The molecule has 2 aromatic rings. The van der Waals surface area contributed by atoms with Gasteiger partial charge >= 0.3 is 5.97 Å². The molecule has 5 rings (SSSR count). The van der Waals surface area contributed by atoms with Crippen molar-refractivity contribution in [3.8, 4) is 11.5 Å². The second kappa shape index (κ2) is 7.63. The van der Waals surface area contributed by atoms with Crippen LogP contribution in [0.2, 0.25) is 0 Å². The Morgan fingerprint density at radius 3 is 2.75 bits per heavy atom. The van der Waals surface area contributed by atoms with Crippen molar-refractivity contribution in [2.45, 2.75) is 37.0 Å². The van der Waals surface area contributed by atoms with Crippen molar-refractivity contribution >= 4 is 11.7 Å². The van der Waals surface area contributed by atoms with Gasteiger partial charge in [0.05, 0.1) is 23.0 Å². The molecule has 2 aliphatic heterocycles. The van der Waals surface area contributed by atoms with E-state index in [0.717, 1.165) is 31.0 Å². The largest absolute Gasteiger partial charge is 0.493 e. The van der Waals surface area contributed by atoms with Gasteiger partial charge in [-0.25, -0.2) is 4.79 Å². The number of rotatable bonds is 4. The first kappa shape index (κ1) is 20.5. The monoisotopic (exact) mass is 436 g/mol. The highest BCUT2D eigenvalue weighted by atomic mass is 16.6. The molecule has 0 bridgehead atoms. The Morgan fingerprint density at radius 2 is 2.03 bits per heavy atom. The normalized spacial score (nSPS) is 25.8. The lowest BCUT2D eigenvalue weighted by molar-refractivity contribution is -0.384. The Bertz CT molecular complexity index is 1110. The van der Waals surface area contributed by atoms with Crippen LogP contribution in [0.15, 0.2) is 48.6 Å². The summed E-state index contributed by atoms with van der Waals surface area (Å²) >= 11 is 0. The first-order chi connectivity index (χ1) is 15.4. The lowest BCUT2D eigenvalue weighted by atomic mass is 9.69. The Kier molecular flexibility index (Phi) is 4.89. The van der Waals surface area contributed by atoms with Crippen LogP contribution in [0.3, 0.4) is 0 Å². The SMILES string of the molecule is COc1ccc2c3c1O[C@H]1CC(OC(=O)c4ccc([N+](=O)[O-])cc4)C=C[C@@]31CCN(C)C2. The zero-order valence-corrected chi connectivity index (χ0v) is 17.9. The summed E-state index contributed by atoms with van der Waals surface area (Å²) in [5, 5.41) is 10.8. The Labute approximate surface area is 185 Å². The average molecular weight is 436 g/mol. The number of esters is 1. The van der Waals surface area contributed by atoms with Crippen LogP contribution in [0.4, 0.5) is 5.69 Å². The lowest BCUT2D eigenvalue weighted by Crippen LogP contribution is -2.43. The van der Waals surface area contributed by atoms with Gasteiger partial charge in [-0.05, 0) is 49.9 Å². The molecule has 1 spiro atoms. The first-order valence-corrected chi connectivity index (χ1v) is 10.6. The van der Waals surface area contributed by atoms with Crippen LogP contribution >= 0.6 is 0 Å². The van der Waals surface area contributed by atoms with Gasteiger partial charge in [-0.2, -0.15) is 0 Å². The summed E-state index contributed by atoms with van der Waals surface area (Å²) in [7, 11) is 3.76. The fourth-order valence-corrected chi connectivity index (χ4v) is 5.08. The van der Waals surface area contributed by atoms with Crippen LogP contribution < -0.4 is 9.47 Å². The third kappa shape index (κ3) is 3.22. The van der Waals surface area contributed by atoms with E-state index >= 15 is 0 Å². The van der Waals surface area contributed by atoms with Crippen LogP contribution in [0, 0.1) is 10.1 Å². The summed E-state index contributed by atoms with van der Waals surface area (Å²) in [5.41, 5.74) is 2.35. The predicted octanol–water partition coefficient (Wildman–Crippen LogP) is 3.62. The molecule has 0 fully saturated rings. The van der Waals surface area contributed by atoms with Crippen LogP contribution in [-0.2, 0) is 16.7 Å². The highest BCUT2D eigenvalue weighted by Gasteiger charge is 2.53. The van der Waals surface area contributed by atoms with Crippen LogP contribution in [0.25, 0.3) is 0 Å². The van der Waals surface area contributed by atoms with E-state index in [9.17, 15) is 14.9 Å². The van der Waals surface area contributed by atoms with Crippen LogP contribution in [-0.4, -0.2) is 48.7 Å². The molecule has 0 N–H and O–H groups in total. The molecule has 2 aromatic carbocycles. The Balaban J connectivity index is 1.41. The number of hydrogen-bond donors (Lipinski definition) is 0. The summed E-state index contributed by atoms with van der Waals surface area (Å²) < 4.78 is 17.7. The van der Waals surface area contributed by atoms with Crippen molar-refractivity contribution in [1.29, 1.82) is 0 Å². The molecule has 0 amide bonds. The third-order valence-corrected chi connectivity index (χ3v) is 6.70. The second-order valence-electron chi connectivity index (χ2n) is 8.61. The zero-order valence-electron chi connectivity index (χ0n) is 17.9. The molecule has 0 radical (unpaired) electrons. The molecular weight excluding hydrogens is 412 g/mol. The van der Waals surface area contributed by atoms with E-state index in [0.29, 0.717) is 6.42 Å². The maximum Gasteiger partial charge on any atom is 0.338 e. The van der Waals surface area contributed by atoms with Gasteiger partial charge in [0.25, 0.3) is 5.69 Å². The van der Waals surface area contributed by atoms with E-state index in [2.05, 4.69) is 24.1 Å². The van der Waals surface area contributed by atoms with Crippen molar-refractivity contribution in [3.05, 3.63) is 75.4 Å². The molecule has 3 atom stereocenters. The number of hydrogen-bond acceptors (Lipinski definition) is 7. The van der Waals surface area contributed by atoms with Gasteiger partial charge in [0.1, 0.15) is 12.2 Å². The molecule has 0 saturated carbocycles. The molecule has 3 aliphatic rings. The summed E-state index contributed by atoms with van der Waals surface area (Å²) in [6.07, 6.45) is 4.91. The van der Waals surface area contributed by atoms with Gasteiger partial charge in [0.2, 0.25) is 0 Å². The topological polar surface area (TPSA) is 91.1 Å². The molecule has 8 nitrogen and oxygen atoms in total. The van der Waals surface area contributed by atoms with E-state index in [1.54, 1.807) is 7.11 Å². The van der Waals surface area contributed by atoms with E-state index in [4.69, 9.17) is 14.2 Å². The third-order valence-electron chi connectivity index (χ3n) is 6.70. The Hall–Kier alpha value is -3.39. The molecule has 1 aliphatic carbocycles. The van der Waals surface area contributed by atoms with Gasteiger partial charge in [0, 0.05) is 30.7 Å².